The number of hydrogen-bond donors (Lipinski definition) is 1. The first-order valence-corrected chi connectivity index (χ1v) is 7.72. The highest BCUT2D eigenvalue weighted by atomic mass is 32.1. The average molecular weight is 268 g/mol. The van der Waals surface area contributed by atoms with Crippen molar-refractivity contribution in [2.24, 2.45) is 5.92 Å². The summed E-state index contributed by atoms with van der Waals surface area (Å²) in [5.41, 5.74) is 1.33. The van der Waals surface area contributed by atoms with Crippen LogP contribution in [0.15, 0.2) is 0 Å². The van der Waals surface area contributed by atoms with Gasteiger partial charge in [-0.05, 0) is 25.3 Å². The van der Waals surface area contributed by atoms with Gasteiger partial charge in [0, 0.05) is 24.4 Å². The molecule has 0 aliphatic heterocycles. The number of hydrogen-bond acceptors (Lipinski definition) is 4. The van der Waals surface area contributed by atoms with Crippen LogP contribution < -0.4 is 5.32 Å². The molecule has 18 heavy (non-hydrogen) atoms. The Morgan fingerprint density at radius 1 is 1.44 bits per heavy atom. The molecule has 1 aromatic heterocycles. The van der Waals surface area contributed by atoms with Gasteiger partial charge in [-0.2, -0.15) is 0 Å². The number of nitrogens with one attached hydrogen (secondary N) is 1. The van der Waals surface area contributed by atoms with E-state index < -0.39 is 0 Å². The molecule has 0 amide bonds. The third kappa shape index (κ3) is 3.11. The van der Waals surface area contributed by atoms with Gasteiger partial charge in [-0.15, -0.1) is 11.3 Å². The molecule has 102 valence electrons. The smallest absolute Gasteiger partial charge is 0.122 e. The molecule has 0 aromatic carbocycles. The number of nitrogens with zero attached hydrogens (tertiary/aromatic N) is 1. The quantitative estimate of drug-likeness (QED) is 0.822. The fourth-order valence-corrected chi connectivity index (χ4v) is 3.58. The fraction of sp³-hybridized carbons (Fsp3) is 0.786. The molecule has 0 bridgehead atoms. The lowest BCUT2D eigenvalue weighted by molar-refractivity contribution is 0.0643. The molecule has 1 atom stereocenters. The highest BCUT2D eigenvalue weighted by Gasteiger charge is 2.31. The van der Waals surface area contributed by atoms with E-state index in [4.69, 9.17) is 9.72 Å². The van der Waals surface area contributed by atoms with Crippen molar-refractivity contribution in [1.29, 1.82) is 0 Å². The third-order valence-corrected chi connectivity index (χ3v) is 4.48. The minimum atomic E-state index is 0.142. The Kier molecular flexibility index (Phi) is 4.76. The van der Waals surface area contributed by atoms with Crippen LogP contribution in [-0.4, -0.2) is 18.6 Å². The molecular weight excluding hydrogens is 244 g/mol. The summed E-state index contributed by atoms with van der Waals surface area (Å²) in [5.74, 6) is 1.19. The summed E-state index contributed by atoms with van der Waals surface area (Å²) in [4.78, 5) is 6.28. The Hall–Kier alpha value is -0.450. The monoisotopic (exact) mass is 268 g/mol. The van der Waals surface area contributed by atoms with E-state index >= 15 is 0 Å². The molecule has 1 unspecified atom stereocenters. The van der Waals surface area contributed by atoms with Crippen molar-refractivity contribution in [2.45, 2.75) is 52.2 Å². The van der Waals surface area contributed by atoms with E-state index in [2.05, 4.69) is 26.1 Å². The van der Waals surface area contributed by atoms with Gasteiger partial charge < -0.3 is 10.1 Å². The number of ether oxygens (including phenoxy) is 1. The van der Waals surface area contributed by atoms with Crippen LogP contribution in [0.5, 0.6) is 0 Å². The van der Waals surface area contributed by atoms with E-state index in [9.17, 15) is 0 Å². The molecule has 0 radical (unpaired) electrons. The zero-order valence-electron chi connectivity index (χ0n) is 11.8. The molecule has 1 N–H and O–H groups in total. The fourth-order valence-electron chi connectivity index (χ4n) is 2.20. The second kappa shape index (κ2) is 6.13. The minimum Gasteiger partial charge on any atom is -0.374 e. The standard InChI is InChI=1S/C14H24N2OS/c1-5-15-8-11-12(10-6-7-10)16-14(18-11)13(17-4)9(2)3/h9-10,13,15H,5-8H2,1-4H3. The molecule has 3 nitrogen and oxygen atoms in total. The lowest BCUT2D eigenvalue weighted by Gasteiger charge is -2.16. The van der Waals surface area contributed by atoms with Crippen LogP contribution in [0, 0.1) is 5.92 Å². The first kappa shape index (κ1) is 14.0. The summed E-state index contributed by atoms with van der Waals surface area (Å²) >= 11 is 1.83. The topological polar surface area (TPSA) is 34.1 Å². The van der Waals surface area contributed by atoms with Gasteiger partial charge in [0.15, 0.2) is 0 Å². The Morgan fingerprint density at radius 3 is 2.67 bits per heavy atom. The van der Waals surface area contributed by atoms with Gasteiger partial charge in [0.25, 0.3) is 0 Å². The van der Waals surface area contributed by atoms with Gasteiger partial charge in [0.05, 0.1) is 5.69 Å². The van der Waals surface area contributed by atoms with Gasteiger partial charge in [0.2, 0.25) is 0 Å². The van der Waals surface area contributed by atoms with Gasteiger partial charge >= 0.3 is 0 Å². The molecule has 1 heterocycles. The third-order valence-electron chi connectivity index (χ3n) is 3.35. The van der Waals surface area contributed by atoms with Crippen LogP contribution in [0.4, 0.5) is 0 Å². The second-order valence-electron chi connectivity index (χ2n) is 5.32. The molecule has 1 aromatic rings. The first-order valence-electron chi connectivity index (χ1n) is 6.90. The minimum absolute atomic E-state index is 0.142. The van der Waals surface area contributed by atoms with Gasteiger partial charge in [0.1, 0.15) is 11.1 Å². The average Bonchev–Trinajstić information content (AvgIpc) is 3.09. The van der Waals surface area contributed by atoms with Crippen molar-refractivity contribution < 1.29 is 4.74 Å². The number of aromatic nitrogens is 1. The molecule has 1 aliphatic rings. The van der Waals surface area contributed by atoms with E-state index in [1.165, 1.54) is 23.4 Å². The van der Waals surface area contributed by atoms with Crippen LogP contribution in [-0.2, 0) is 11.3 Å². The molecule has 2 rings (SSSR count). The predicted octanol–water partition coefficient (Wildman–Crippen LogP) is 3.47. The maximum absolute atomic E-state index is 5.60. The van der Waals surface area contributed by atoms with Gasteiger partial charge in [-0.1, -0.05) is 20.8 Å². The summed E-state index contributed by atoms with van der Waals surface area (Å²) in [6.45, 7) is 8.49. The van der Waals surface area contributed by atoms with Gasteiger partial charge in [-0.3, -0.25) is 0 Å². The van der Waals surface area contributed by atoms with E-state index in [0.29, 0.717) is 11.8 Å². The van der Waals surface area contributed by atoms with Crippen LogP contribution in [0.1, 0.15) is 61.2 Å². The molecular formula is C14H24N2OS. The SMILES string of the molecule is CCNCc1sc(C(OC)C(C)C)nc1C1CC1. The molecule has 1 fully saturated rings. The van der Waals surface area contributed by atoms with E-state index in [-0.39, 0.29) is 6.10 Å². The molecule has 1 saturated carbocycles. The van der Waals surface area contributed by atoms with Crippen LogP contribution in [0.2, 0.25) is 0 Å². The van der Waals surface area contributed by atoms with E-state index in [1.807, 2.05) is 11.3 Å². The first-order chi connectivity index (χ1) is 8.67. The van der Waals surface area contributed by atoms with Crippen LogP contribution in [0.3, 0.4) is 0 Å². The van der Waals surface area contributed by atoms with Crippen LogP contribution >= 0.6 is 11.3 Å². The number of methoxy groups -OCH3 is 1. The normalized spacial score (nSPS) is 17.4. The maximum Gasteiger partial charge on any atom is 0.122 e. The molecule has 0 saturated heterocycles. The van der Waals surface area contributed by atoms with Gasteiger partial charge in [-0.25, -0.2) is 4.98 Å². The largest absolute Gasteiger partial charge is 0.374 e. The Bertz CT molecular complexity index is 385. The highest BCUT2D eigenvalue weighted by molar-refractivity contribution is 7.11. The summed E-state index contributed by atoms with van der Waals surface area (Å²) in [6.07, 6.45) is 2.76. The zero-order valence-corrected chi connectivity index (χ0v) is 12.6. The highest BCUT2D eigenvalue weighted by Crippen LogP contribution is 2.44. The lowest BCUT2D eigenvalue weighted by Crippen LogP contribution is -2.11. The lowest BCUT2D eigenvalue weighted by atomic mass is 10.1. The Morgan fingerprint density at radius 2 is 2.17 bits per heavy atom. The summed E-state index contributed by atoms with van der Waals surface area (Å²) in [5, 5.41) is 4.57. The van der Waals surface area contributed by atoms with Crippen molar-refractivity contribution in [3.8, 4) is 0 Å². The van der Waals surface area contributed by atoms with Crippen molar-refractivity contribution in [3.05, 3.63) is 15.6 Å². The van der Waals surface area contributed by atoms with Crippen molar-refractivity contribution in [1.82, 2.24) is 10.3 Å². The zero-order chi connectivity index (χ0) is 13.1. The predicted molar refractivity (Wildman–Crippen MR) is 76.1 cm³/mol. The second-order valence-corrected chi connectivity index (χ2v) is 6.43. The van der Waals surface area contributed by atoms with Crippen molar-refractivity contribution in [2.75, 3.05) is 13.7 Å². The Labute approximate surface area is 114 Å². The summed E-state index contributed by atoms with van der Waals surface area (Å²) < 4.78 is 5.60. The summed E-state index contributed by atoms with van der Waals surface area (Å²) in [6, 6.07) is 0. The van der Waals surface area contributed by atoms with Crippen molar-refractivity contribution >= 4 is 11.3 Å². The summed E-state index contributed by atoms with van der Waals surface area (Å²) in [7, 11) is 1.78. The number of rotatable bonds is 7. The van der Waals surface area contributed by atoms with Crippen LogP contribution in [0.25, 0.3) is 0 Å². The van der Waals surface area contributed by atoms with E-state index in [1.54, 1.807) is 7.11 Å². The molecule has 4 heteroatoms. The maximum atomic E-state index is 5.60. The molecule has 0 spiro atoms. The number of thiazole rings is 1. The Balaban J connectivity index is 2.20. The van der Waals surface area contributed by atoms with E-state index in [0.717, 1.165) is 18.1 Å². The van der Waals surface area contributed by atoms with Crippen molar-refractivity contribution in [3.63, 3.8) is 0 Å². The molecule has 1 aliphatic carbocycles.